The second-order valence-corrected chi connectivity index (χ2v) is 4.84. The van der Waals surface area contributed by atoms with Crippen LogP contribution in [0.4, 0.5) is 11.5 Å². The monoisotopic (exact) mass is 266 g/mol. The van der Waals surface area contributed by atoms with Crippen LogP contribution in [-0.2, 0) is 0 Å². The Balaban J connectivity index is 2.32. The largest absolute Gasteiger partial charge is 0.386 e. The highest BCUT2D eigenvalue weighted by Gasteiger charge is 2.12. The Bertz CT molecular complexity index is 409. The summed E-state index contributed by atoms with van der Waals surface area (Å²) in [5, 5.41) is 13.8. The maximum absolute atomic E-state index is 10.8. The lowest BCUT2D eigenvalue weighted by molar-refractivity contribution is -0.388. The summed E-state index contributed by atoms with van der Waals surface area (Å²) < 4.78 is 0. The first-order valence-electron chi connectivity index (χ1n) is 6.56. The van der Waals surface area contributed by atoms with Gasteiger partial charge in [-0.3, -0.25) is 0 Å². The van der Waals surface area contributed by atoms with Gasteiger partial charge in [-0.05, 0) is 62.3 Å². The van der Waals surface area contributed by atoms with Gasteiger partial charge in [-0.25, -0.2) is 0 Å². The van der Waals surface area contributed by atoms with Crippen molar-refractivity contribution in [1.29, 1.82) is 0 Å². The van der Waals surface area contributed by atoms with Crippen LogP contribution in [0.1, 0.15) is 26.7 Å². The Labute approximate surface area is 114 Å². The average Bonchev–Trinajstić information content (AvgIpc) is 2.38. The molecule has 0 fully saturated rings. The van der Waals surface area contributed by atoms with Gasteiger partial charge in [-0.2, -0.15) is 0 Å². The number of nitrogens with one attached hydrogen (secondary N) is 1. The first-order valence-corrected chi connectivity index (χ1v) is 6.56. The van der Waals surface area contributed by atoms with Gasteiger partial charge < -0.3 is 20.3 Å². The van der Waals surface area contributed by atoms with Crippen LogP contribution in [0.25, 0.3) is 0 Å². The van der Waals surface area contributed by atoms with E-state index < -0.39 is 4.92 Å². The Hall–Kier alpha value is -1.69. The molecule has 0 unspecified atom stereocenters. The lowest BCUT2D eigenvalue weighted by Gasteiger charge is -2.20. The molecule has 0 aliphatic carbocycles. The molecule has 0 atom stereocenters. The topological polar surface area (TPSA) is 71.3 Å². The average molecular weight is 266 g/mol. The smallest absolute Gasteiger partial charge is 0.378 e. The number of rotatable bonds is 8. The van der Waals surface area contributed by atoms with Gasteiger partial charge in [0.05, 0.1) is 0 Å². The highest BCUT2D eigenvalue weighted by atomic mass is 16.6. The number of unbranched alkanes of at least 4 members (excludes halogenated alkanes) is 1. The molecule has 0 spiro atoms. The zero-order chi connectivity index (χ0) is 14.3. The van der Waals surface area contributed by atoms with E-state index in [0.29, 0.717) is 11.7 Å². The summed E-state index contributed by atoms with van der Waals surface area (Å²) in [7, 11) is 2.10. The molecule has 1 N–H and O–H groups in total. The summed E-state index contributed by atoms with van der Waals surface area (Å²) >= 11 is 0. The molecule has 1 aromatic heterocycles. The van der Waals surface area contributed by atoms with Gasteiger partial charge in [0.2, 0.25) is 0 Å². The second kappa shape index (κ2) is 7.68. The minimum atomic E-state index is -0.463. The molecule has 0 aromatic carbocycles. The van der Waals surface area contributed by atoms with Gasteiger partial charge >= 0.3 is 5.82 Å². The summed E-state index contributed by atoms with van der Waals surface area (Å²) in [4.78, 5) is 16.4. The van der Waals surface area contributed by atoms with Gasteiger partial charge in [-0.15, -0.1) is 0 Å². The fourth-order valence-corrected chi connectivity index (χ4v) is 1.65. The molecular weight excluding hydrogens is 244 g/mol. The van der Waals surface area contributed by atoms with Gasteiger partial charge in [0, 0.05) is 12.6 Å². The number of nitrogens with zero attached hydrogens (tertiary/aromatic N) is 3. The van der Waals surface area contributed by atoms with Crippen molar-refractivity contribution < 1.29 is 4.92 Å². The van der Waals surface area contributed by atoms with Crippen LogP contribution in [0.2, 0.25) is 0 Å². The molecular formula is C13H22N4O2. The third-order valence-corrected chi connectivity index (χ3v) is 3.09. The molecule has 6 heteroatoms. The predicted molar refractivity (Wildman–Crippen MR) is 76.4 cm³/mol. The Morgan fingerprint density at radius 2 is 2.21 bits per heavy atom. The zero-order valence-electron chi connectivity index (χ0n) is 11.8. The predicted octanol–water partition coefficient (Wildman–Crippen LogP) is 2.52. The van der Waals surface area contributed by atoms with Crippen LogP contribution in [0, 0.1) is 10.1 Å². The molecule has 19 heavy (non-hydrogen) atoms. The summed E-state index contributed by atoms with van der Waals surface area (Å²) in [5.74, 6) is -0.109. The third-order valence-electron chi connectivity index (χ3n) is 3.09. The highest BCUT2D eigenvalue weighted by Crippen LogP contribution is 2.19. The molecule has 6 nitrogen and oxygen atoms in total. The van der Waals surface area contributed by atoms with E-state index in [-0.39, 0.29) is 5.82 Å². The fraction of sp³-hybridized carbons (Fsp3) is 0.615. The van der Waals surface area contributed by atoms with Gasteiger partial charge in [0.1, 0.15) is 11.9 Å². The molecule has 106 valence electrons. The Morgan fingerprint density at radius 1 is 1.47 bits per heavy atom. The lowest BCUT2D eigenvalue weighted by atomic mass is 10.2. The van der Waals surface area contributed by atoms with Gasteiger partial charge in [0.25, 0.3) is 0 Å². The lowest BCUT2D eigenvalue weighted by Crippen LogP contribution is -2.27. The van der Waals surface area contributed by atoms with E-state index >= 15 is 0 Å². The van der Waals surface area contributed by atoms with Crippen molar-refractivity contribution >= 4 is 11.5 Å². The van der Waals surface area contributed by atoms with Crippen LogP contribution in [0.5, 0.6) is 0 Å². The minimum absolute atomic E-state index is 0.109. The maximum atomic E-state index is 10.8. The quantitative estimate of drug-likeness (QED) is 0.445. The van der Waals surface area contributed by atoms with Crippen LogP contribution < -0.4 is 5.32 Å². The van der Waals surface area contributed by atoms with Crippen molar-refractivity contribution in [3.8, 4) is 0 Å². The SMILES string of the molecule is CC(C)N(C)CCCCNc1cccnc1[N+](=O)[O-]. The molecule has 1 aromatic rings. The Morgan fingerprint density at radius 3 is 2.84 bits per heavy atom. The number of pyridine rings is 1. The summed E-state index contributed by atoms with van der Waals surface area (Å²) in [6.07, 6.45) is 3.47. The van der Waals surface area contributed by atoms with Crippen LogP contribution in [0.15, 0.2) is 18.3 Å². The zero-order valence-corrected chi connectivity index (χ0v) is 11.8. The number of anilines is 1. The maximum Gasteiger partial charge on any atom is 0.386 e. The molecule has 0 saturated heterocycles. The summed E-state index contributed by atoms with van der Waals surface area (Å²) in [6.45, 7) is 6.08. The van der Waals surface area contributed by atoms with Gasteiger partial charge in [0.15, 0.2) is 0 Å². The van der Waals surface area contributed by atoms with Crippen molar-refractivity contribution in [2.45, 2.75) is 32.7 Å². The van der Waals surface area contributed by atoms with Crippen LogP contribution in [-0.4, -0.2) is 41.0 Å². The van der Waals surface area contributed by atoms with E-state index in [1.54, 1.807) is 12.1 Å². The molecule has 0 amide bonds. The number of hydrogen-bond donors (Lipinski definition) is 1. The first-order chi connectivity index (χ1) is 9.02. The molecule has 0 aliphatic heterocycles. The minimum Gasteiger partial charge on any atom is -0.378 e. The molecule has 1 rings (SSSR count). The molecule has 0 saturated carbocycles. The third kappa shape index (κ3) is 5.21. The van der Waals surface area contributed by atoms with Gasteiger partial charge in [-0.1, -0.05) is 0 Å². The van der Waals surface area contributed by atoms with E-state index in [1.165, 1.54) is 6.20 Å². The highest BCUT2D eigenvalue weighted by molar-refractivity contribution is 5.56. The van der Waals surface area contributed by atoms with Crippen LogP contribution in [0.3, 0.4) is 0 Å². The Kier molecular flexibility index (Phi) is 6.21. The van der Waals surface area contributed by atoms with Crippen molar-refractivity contribution in [1.82, 2.24) is 9.88 Å². The van der Waals surface area contributed by atoms with E-state index in [2.05, 4.69) is 36.1 Å². The number of nitro groups is 1. The summed E-state index contributed by atoms with van der Waals surface area (Å²) in [5.41, 5.74) is 0.490. The van der Waals surface area contributed by atoms with Crippen molar-refractivity contribution in [2.75, 3.05) is 25.5 Å². The van der Waals surface area contributed by atoms with Crippen molar-refractivity contribution in [2.24, 2.45) is 0 Å². The fourth-order valence-electron chi connectivity index (χ4n) is 1.65. The van der Waals surface area contributed by atoms with E-state index in [0.717, 1.165) is 25.9 Å². The molecule has 0 radical (unpaired) electrons. The van der Waals surface area contributed by atoms with E-state index in [4.69, 9.17) is 0 Å². The molecule has 0 bridgehead atoms. The number of aromatic nitrogens is 1. The molecule has 1 heterocycles. The van der Waals surface area contributed by atoms with Crippen LogP contribution >= 0.6 is 0 Å². The van der Waals surface area contributed by atoms with Crippen molar-refractivity contribution in [3.63, 3.8) is 0 Å². The first kappa shape index (κ1) is 15.4. The molecule has 0 aliphatic rings. The van der Waals surface area contributed by atoms with E-state index in [1.807, 2.05) is 0 Å². The van der Waals surface area contributed by atoms with E-state index in [9.17, 15) is 10.1 Å². The standard InChI is InChI=1S/C13H22N4O2/c1-11(2)16(3)10-5-4-8-14-12-7-6-9-15-13(12)17(18)19/h6-7,9,11,14H,4-5,8,10H2,1-3H3. The number of hydrogen-bond acceptors (Lipinski definition) is 5. The second-order valence-electron chi connectivity index (χ2n) is 4.84. The summed E-state index contributed by atoms with van der Waals surface area (Å²) in [6, 6.07) is 3.93. The van der Waals surface area contributed by atoms with Crippen molar-refractivity contribution in [3.05, 3.63) is 28.4 Å². The normalized spacial score (nSPS) is 11.0.